The van der Waals surface area contributed by atoms with E-state index in [-0.39, 0.29) is 6.54 Å². The van der Waals surface area contributed by atoms with Crippen molar-refractivity contribution in [3.05, 3.63) is 24.3 Å². The second kappa shape index (κ2) is 8.34. The number of benzene rings is 1. The Bertz CT molecular complexity index is 398. The SMILES string of the molecule is CCOc1ccccc1OCCNCC(O)C(N)=O. The Balaban J connectivity index is 2.27. The van der Waals surface area contributed by atoms with Gasteiger partial charge in [-0.1, -0.05) is 12.1 Å². The van der Waals surface area contributed by atoms with E-state index >= 15 is 0 Å². The molecule has 0 aliphatic heterocycles. The van der Waals surface area contributed by atoms with Crippen LogP contribution in [0.5, 0.6) is 11.5 Å². The van der Waals surface area contributed by atoms with Gasteiger partial charge in [-0.15, -0.1) is 0 Å². The maximum absolute atomic E-state index is 10.6. The molecule has 0 saturated heterocycles. The number of carbonyl (C=O) groups excluding carboxylic acids is 1. The molecule has 1 rings (SSSR count). The molecule has 0 spiro atoms. The molecule has 1 unspecified atom stereocenters. The maximum atomic E-state index is 10.6. The van der Waals surface area contributed by atoms with Crippen LogP contribution in [0, 0.1) is 0 Å². The van der Waals surface area contributed by atoms with E-state index in [1.54, 1.807) is 0 Å². The Kier molecular flexibility index (Phi) is 6.70. The summed E-state index contributed by atoms with van der Waals surface area (Å²) in [5.74, 6) is 0.624. The molecule has 0 radical (unpaired) electrons. The van der Waals surface area contributed by atoms with Crippen molar-refractivity contribution in [2.75, 3.05) is 26.3 Å². The predicted octanol–water partition coefficient (Wildman–Crippen LogP) is -0.100. The second-order valence-electron chi connectivity index (χ2n) is 3.85. The third kappa shape index (κ3) is 5.58. The number of aliphatic hydroxyl groups excluding tert-OH is 1. The molecule has 1 aromatic carbocycles. The van der Waals surface area contributed by atoms with Crippen LogP contribution in [0.3, 0.4) is 0 Å². The lowest BCUT2D eigenvalue weighted by Crippen LogP contribution is -2.38. The van der Waals surface area contributed by atoms with Crippen LogP contribution in [0.25, 0.3) is 0 Å². The summed E-state index contributed by atoms with van der Waals surface area (Å²) in [6.45, 7) is 3.49. The highest BCUT2D eigenvalue weighted by molar-refractivity contribution is 5.78. The molecular weight excluding hydrogens is 248 g/mol. The van der Waals surface area contributed by atoms with Crippen molar-refractivity contribution in [1.29, 1.82) is 0 Å². The lowest BCUT2D eigenvalue weighted by molar-refractivity contribution is -0.125. The minimum Gasteiger partial charge on any atom is -0.490 e. The number of aliphatic hydroxyl groups is 1. The first-order chi connectivity index (χ1) is 9.15. The van der Waals surface area contributed by atoms with E-state index in [2.05, 4.69) is 5.32 Å². The highest BCUT2D eigenvalue weighted by Gasteiger charge is 2.09. The largest absolute Gasteiger partial charge is 0.490 e. The number of hydrogen-bond donors (Lipinski definition) is 3. The Morgan fingerprint density at radius 1 is 1.37 bits per heavy atom. The van der Waals surface area contributed by atoms with Crippen molar-refractivity contribution >= 4 is 5.91 Å². The molecule has 0 fully saturated rings. The van der Waals surface area contributed by atoms with Gasteiger partial charge in [-0.05, 0) is 19.1 Å². The minimum absolute atomic E-state index is 0.117. The summed E-state index contributed by atoms with van der Waals surface area (Å²) in [6.07, 6.45) is -1.17. The van der Waals surface area contributed by atoms with Gasteiger partial charge < -0.3 is 25.6 Å². The maximum Gasteiger partial charge on any atom is 0.247 e. The van der Waals surface area contributed by atoms with Gasteiger partial charge in [0, 0.05) is 13.1 Å². The zero-order valence-electron chi connectivity index (χ0n) is 11.0. The highest BCUT2D eigenvalue weighted by atomic mass is 16.5. The summed E-state index contributed by atoms with van der Waals surface area (Å²) in [5.41, 5.74) is 4.92. The summed E-state index contributed by atoms with van der Waals surface area (Å²) in [5, 5.41) is 12.0. The lowest BCUT2D eigenvalue weighted by Gasteiger charge is -2.12. The van der Waals surface area contributed by atoms with E-state index in [0.29, 0.717) is 31.3 Å². The standard InChI is InChI=1S/C13H20N2O4/c1-2-18-11-5-3-4-6-12(11)19-8-7-15-9-10(16)13(14)17/h3-6,10,15-16H,2,7-9H2,1H3,(H2,14,17). The van der Waals surface area contributed by atoms with E-state index in [1.807, 2.05) is 31.2 Å². The smallest absolute Gasteiger partial charge is 0.247 e. The molecule has 1 amide bonds. The summed E-state index contributed by atoms with van der Waals surface area (Å²) in [4.78, 5) is 10.6. The average molecular weight is 268 g/mol. The van der Waals surface area contributed by atoms with E-state index in [9.17, 15) is 4.79 Å². The first-order valence-electron chi connectivity index (χ1n) is 6.18. The van der Waals surface area contributed by atoms with Crippen molar-refractivity contribution in [3.8, 4) is 11.5 Å². The molecule has 0 bridgehead atoms. The van der Waals surface area contributed by atoms with Crippen LogP contribution in [0.1, 0.15) is 6.92 Å². The fourth-order valence-electron chi connectivity index (χ4n) is 1.42. The molecule has 0 saturated carbocycles. The van der Waals surface area contributed by atoms with Crippen molar-refractivity contribution in [2.24, 2.45) is 5.73 Å². The fraction of sp³-hybridized carbons (Fsp3) is 0.462. The zero-order chi connectivity index (χ0) is 14.1. The molecule has 1 aromatic rings. The van der Waals surface area contributed by atoms with Crippen molar-refractivity contribution in [1.82, 2.24) is 5.32 Å². The number of rotatable bonds is 9. The number of primary amides is 1. The number of para-hydroxylation sites is 2. The number of carbonyl (C=O) groups is 1. The minimum atomic E-state index is -1.17. The number of hydrogen-bond acceptors (Lipinski definition) is 5. The molecular formula is C13H20N2O4. The van der Waals surface area contributed by atoms with Gasteiger partial charge >= 0.3 is 0 Å². The van der Waals surface area contributed by atoms with Crippen molar-refractivity contribution in [3.63, 3.8) is 0 Å². The molecule has 6 nitrogen and oxygen atoms in total. The molecule has 0 heterocycles. The quantitative estimate of drug-likeness (QED) is 0.544. The van der Waals surface area contributed by atoms with Gasteiger partial charge in [-0.25, -0.2) is 0 Å². The van der Waals surface area contributed by atoms with E-state index in [0.717, 1.165) is 0 Å². The zero-order valence-corrected chi connectivity index (χ0v) is 11.0. The molecule has 0 aromatic heterocycles. The summed E-state index contributed by atoms with van der Waals surface area (Å²) < 4.78 is 11.0. The third-order valence-electron chi connectivity index (χ3n) is 2.35. The van der Waals surface area contributed by atoms with Crippen LogP contribution in [0.15, 0.2) is 24.3 Å². The van der Waals surface area contributed by atoms with Gasteiger partial charge in [0.15, 0.2) is 11.5 Å². The fourth-order valence-corrected chi connectivity index (χ4v) is 1.42. The number of nitrogens with one attached hydrogen (secondary N) is 1. The van der Waals surface area contributed by atoms with Gasteiger partial charge in [-0.3, -0.25) is 4.79 Å². The topological polar surface area (TPSA) is 93.8 Å². The van der Waals surface area contributed by atoms with Crippen LogP contribution in [0.2, 0.25) is 0 Å². The van der Waals surface area contributed by atoms with Crippen molar-refractivity contribution < 1.29 is 19.4 Å². The molecule has 106 valence electrons. The summed E-state index contributed by atoms with van der Waals surface area (Å²) in [6, 6.07) is 7.40. The van der Waals surface area contributed by atoms with Gasteiger partial charge in [0.25, 0.3) is 0 Å². The number of ether oxygens (including phenoxy) is 2. The molecule has 19 heavy (non-hydrogen) atoms. The summed E-state index contributed by atoms with van der Waals surface area (Å²) in [7, 11) is 0. The lowest BCUT2D eigenvalue weighted by atomic mass is 10.3. The van der Waals surface area contributed by atoms with Crippen LogP contribution in [-0.2, 0) is 4.79 Å². The molecule has 4 N–H and O–H groups in total. The van der Waals surface area contributed by atoms with Crippen LogP contribution < -0.4 is 20.5 Å². The first kappa shape index (κ1) is 15.3. The Morgan fingerprint density at radius 2 is 2.00 bits per heavy atom. The van der Waals surface area contributed by atoms with E-state index in [4.69, 9.17) is 20.3 Å². The van der Waals surface area contributed by atoms with Crippen LogP contribution in [-0.4, -0.2) is 43.4 Å². The van der Waals surface area contributed by atoms with Crippen LogP contribution in [0.4, 0.5) is 0 Å². The van der Waals surface area contributed by atoms with Gasteiger partial charge in [-0.2, -0.15) is 0 Å². The van der Waals surface area contributed by atoms with Gasteiger partial charge in [0.2, 0.25) is 5.91 Å². The van der Waals surface area contributed by atoms with Crippen LogP contribution >= 0.6 is 0 Å². The third-order valence-corrected chi connectivity index (χ3v) is 2.35. The first-order valence-corrected chi connectivity index (χ1v) is 6.18. The Hall–Kier alpha value is -1.79. The summed E-state index contributed by atoms with van der Waals surface area (Å²) >= 11 is 0. The van der Waals surface area contributed by atoms with E-state index < -0.39 is 12.0 Å². The average Bonchev–Trinajstić information content (AvgIpc) is 2.40. The monoisotopic (exact) mass is 268 g/mol. The Labute approximate surface area is 112 Å². The molecule has 0 aliphatic carbocycles. The molecule has 0 aliphatic rings. The highest BCUT2D eigenvalue weighted by Crippen LogP contribution is 2.25. The second-order valence-corrected chi connectivity index (χ2v) is 3.85. The number of nitrogens with two attached hydrogens (primary N) is 1. The molecule has 6 heteroatoms. The van der Waals surface area contributed by atoms with Gasteiger partial charge in [0.05, 0.1) is 6.61 Å². The van der Waals surface area contributed by atoms with Gasteiger partial charge in [0.1, 0.15) is 12.7 Å². The predicted molar refractivity (Wildman–Crippen MR) is 71.2 cm³/mol. The van der Waals surface area contributed by atoms with Crippen molar-refractivity contribution in [2.45, 2.75) is 13.0 Å². The van der Waals surface area contributed by atoms with E-state index in [1.165, 1.54) is 0 Å². The normalized spacial score (nSPS) is 11.9. The Morgan fingerprint density at radius 3 is 2.58 bits per heavy atom. The number of amides is 1. The molecule has 1 atom stereocenters.